The van der Waals surface area contributed by atoms with E-state index in [0.29, 0.717) is 0 Å². The summed E-state index contributed by atoms with van der Waals surface area (Å²) in [7, 11) is 0. The van der Waals surface area contributed by atoms with Gasteiger partial charge in [0.05, 0.1) is 6.04 Å². The standard InChI is InChI=1S/C9H17NO2/c1-5-6(2)9(7(3)11)10-8(4)12/h6,9H,5H2,1-4H3,(H,10,12)/t6-,9+/m1/s1. The van der Waals surface area contributed by atoms with Gasteiger partial charge in [-0.15, -0.1) is 0 Å². The van der Waals surface area contributed by atoms with Gasteiger partial charge in [-0.1, -0.05) is 20.3 Å². The van der Waals surface area contributed by atoms with Crippen molar-refractivity contribution >= 4 is 11.7 Å². The molecule has 1 N–H and O–H groups in total. The summed E-state index contributed by atoms with van der Waals surface area (Å²) < 4.78 is 0. The van der Waals surface area contributed by atoms with E-state index in [4.69, 9.17) is 0 Å². The average Bonchev–Trinajstić information content (AvgIpc) is 1.98. The lowest BCUT2D eigenvalue weighted by Crippen LogP contribution is -2.42. The largest absolute Gasteiger partial charge is 0.346 e. The number of nitrogens with one attached hydrogen (secondary N) is 1. The second-order valence-electron chi connectivity index (χ2n) is 3.17. The summed E-state index contributed by atoms with van der Waals surface area (Å²) in [5.74, 6) is 0.0986. The van der Waals surface area contributed by atoms with Crippen molar-refractivity contribution in [3.05, 3.63) is 0 Å². The highest BCUT2D eigenvalue weighted by Crippen LogP contribution is 2.08. The summed E-state index contributed by atoms with van der Waals surface area (Å²) in [5, 5.41) is 2.64. The first-order valence-electron chi connectivity index (χ1n) is 4.26. The predicted octanol–water partition coefficient (Wildman–Crippen LogP) is 1.13. The molecule has 12 heavy (non-hydrogen) atoms. The molecule has 0 bridgehead atoms. The fourth-order valence-electron chi connectivity index (χ4n) is 1.10. The number of hydrogen-bond acceptors (Lipinski definition) is 2. The van der Waals surface area contributed by atoms with Crippen LogP contribution in [0.2, 0.25) is 0 Å². The van der Waals surface area contributed by atoms with Crippen molar-refractivity contribution in [2.24, 2.45) is 5.92 Å². The van der Waals surface area contributed by atoms with E-state index < -0.39 is 0 Å². The van der Waals surface area contributed by atoms with E-state index >= 15 is 0 Å². The van der Waals surface area contributed by atoms with E-state index in [2.05, 4.69) is 5.32 Å². The second kappa shape index (κ2) is 4.91. The van der Waals surface area contributed by atoms with Gasteiger partial charge in [-0.3, -0.25) is 9.59 Å². The molecular weight excluding hydrogens is 154 g/mol. The Morgan fingerprint density at radius 3 is 2.08 bits per heavy atom. The topological polar surface area (TPSA) is 46.2 Å². The Labute approximate surface area is 73.5 Å². The van der Waals surface area contributed by atoms with Crippen molar-refractivity contribution in [2.45, 2.75) is 40.2 Å². The Morgan fingerprint density at radius 1 is 1.33 bits per heavy atom. The molecule has 0 radical (unpaired) electrons. The van der Waals surface area contributed by atoms with Crippen LogP contribution in [0.3, 0.4) is 0 Å². The van der Waals surface area contributed by atoms with Crippen LogP contribution in [0.1, 0.15) is 34.1 Å². The molecule has 70 valence electrons. The highest BCUT2D eigenvalue weighted by Gasteiger charge is 2.20. The van der Waals surface area contributed by atoms with Crippen molar-refractivity contribution in [3.63, 3.8) is 0 Å². The summed E-state index contributed by atoms with van der Waals surface area (Å²) in [5.41, 5.74) is 0. The van der Waals surface area contributed by atoms with Gasteiger partial charge >= 0.3 is 0 Å². The minimum atomic E-state index is -0.313. The molecule has 0 rings (SSSR count). The second-order valence-corrected chi connectivity index (χ2v) is 3.17. The van der Waals surface area contributed by atoms with Crippen LogP contribution in [0.5, 0.6) is 0 Å². The highest BCUT2D eigenvalue weighted by atomic mass is 16.2. The molecule has 1 amide bonds. The van der Waals surface area contributed by atoms with Crippen molar-refractivity contribution in [2.75, 3.05) is 0 Å². The van der Waals surface area contributed by atoms with Gasteiger partial charge < -0.3 is 5.32 Å². The molecule has 0 aromatic rings. The summed E-state index contributed by atoms with van der Waals surface area (Å²) in [6.07, 6.45) is 0.893. The van der Waals surface area contributed by atoms with Crippen LogP contribution in [0.25, 0.3) is 0 Å². The van der Waals surface area contributed by atoms with Crippen LogP contribution in [-0.4, -0.2) is 17.7 Å². The molecule has 0 saturated heterocycles. The van der Waals surface area contributed by atoms with E-state index in [-0.39, 0.29) is 23.7 Å². The van der Waals surface area contributed by atoms with Gasteiger partial charge in [0.25, 0.3) is 0 Å². The van der Waals surface area contributed by atoms with E-state index in [1.807, 2.05) is 13.8 Å². The maximum absolute atomic E-state index is 11.1. The van der Waals surface area contributed by atoms with E-state index in [0.717, 1.165) is 6.42 Å². The number of Topliss-reactive ketones (excluding diaryl/α,β-unsaturated/α-hetero) is 1. The van der Waals surface area contributed by atoms with Crippen LogP contribution >= 0.6 is 0 Å². The number of rotatable bonds is 4. The van der Waals surface area contributed by atoms with Gasteiger partial charge in [0.15, 0.2) is 5.78 Å². The molecule has 2 atom stereocenters. The number of carbonyl (C=O) groups excluding carboxylic acids is 2. The third kappa shape index (κ3) is 3.51. The molecule has 0 aliphatic heterocycles. The molecule has 3 nitrogen and oxygen atoms in total. The van der Waals surface area contributed by atoms with Crippen LogP contribution in [-0.2, 0) is 9.59 Å². The average molecular weight is 171 g/mol. The molecule has 0 saturated carbocycles. The Hall–Kier alpha value is -0.860. The van der Waals surface area contributed by atoms with Crippen molar-refractivity contribution in [3.8, 4) is 0 Å². The summed E-state index contributed by atoms with van der Waals surface area (Å²) in [4.78, 5) is 21.8. The number of amides is 1. The normalized spacial score (nSPS) is 15.0. The molecule has 0 aliphatic carbocycles. The first-order chi connectivity index (χ1) is 5.49. The minimum Gasteiger partial charge on any atom is -0.346 e. The molecule has 0 unspecified atom stereocenters. The van der Waals surface area contributed by atoms with E-state index in [1.165, 1.54) is 13.8 Å². The summed E-state index contributed by atoms with van der Waals surface area (Å²) in [6, 6.07) is -0.313. The van der Waals surface area contributed by atoms with Crippen LogP contribution in [0, 0.1) is 5.92 Å². The lowest BCUT2D eigenvalue weighted by Gasteiger charge is -2.20. The molecular formula is C9H17NO2. The summed E-state index contributed by atoms with van der Waals surface area (Å²) >= 11 is 0. The van der Waals surface area contributed by atoms with Gasteiger partial charge in [-0.2, -0.15) is 0 Å². The first kappa shape index (κ1) is 11.1. The molecule has 0 spiro atoms. The van der Waals surface area contributed by atoms with Gasteiger partial charge in [0.2, 0.25) is 5.91 Å². The Balaban J connectivity index is 4.22. The van der Waals surface area contributed by atoms with E-state index in [9.17, 15) is 9.59 Å². The lowest BCUT2D eigenvalue weighted by molar-refractivity contribution is -0.126. The first-order valence-corrected chi connectivity index (χ1v) is 4.26. The zero-order valence-corrected chi connectivity index (χ0v) is 8.18. The Morgan fingerprint density at radius 2 is 1.83 bits per heavy atom. The number of hydrogen-bond donors (Lipinski definition) is 1. The molecule has 0 fully saturated rings. The number of carbonyl (C=O) groups is 2. The quantitative estimate of drug-likeness (QED) is 0.689. The van der Waals surface area contributed by atoms with Crippen molar-refractivity contribution in [1.82, 2.24) is 5.32 Å². The molecule has 0 aliphatic rings. The lowest BCUT2D eigenvalue weighted by atomic mass is 9.96. The SMILES string of the molecule is CC[C@@H](C)[C@H](NC(C)=O)C(C)=O. The summed E-state index contributed by atoms with van der Waals surface area (Å²) in [6.45, 7) is 6.90. The predicted molar refractivity (Wildman–Crippen MR) is 47.7 cm³/mol. The zero-order valence-electron chi connectivity index (χ0n) is 8.18. The minimum absolute atomic E-state index is 0.0274. The maximum atomic E-state index is 11.1. The van der Waals surface area contributed by atoms with Crippen LogP contribution < -0.4 is 5.32 Å². The fourth-order valence-corrected chi connectivity index (χ4v) is 1.10. The third-order valence-corrected chi connectivity index (χ3v) is 2.01. The number of ketones is 1. The molecule has 3 heteroatoms. The van der Waals surface area contributed by atoms with Crippen LogP contribution in [0.15, 0.2) is 0 Å². The van der Waals surface area contributed by atoms with Gasteiger partial charge in [0.1, 0.15) is 0 Å². The Kier molecular flexibility index (Phi) is 4.55. The molecule has 0 aromatic heterocycles. The monoisotopic (exact) mass is 171 g/mol. The fraction of sp³-hybridized carbons (Fsp3) is 0.778. The third-order valence-electron chi connectivity index (χ3n) is 2.01. The molecule has 0 heterocycles. The van der Waals surface area contributed by atoms with Gasteiger partial charge in [0, 0.05) is 6.92 Å². The highest BCUT2D eigenvalue weighted by molar-refractivity contribution is 5.86. The Bertz CT molecular complexity index is 177. The van der Waals surface area contributed by atoms with Gasteiger partial charge in [-0.25, -0.2) is 0 Å². The van der Waals surface area contributed by atoms with Crippen molar-refractivity contribution < 1.29 is 9.59 Å². The van der Waals surface area contributed by atoms with Crippen LogP contribution in [0.4, 0.5) is 0 Å². The molecule has 0 aromatic carbocycles. The zero-order chi connectivity index (χ0) is 9.72. The maximum Gasteiger partial charge on any atom is 0.217 e. The smallest absolute Gasteiger partial charge is 0.217 e. The van der Waals surface area contributed by atoms with Gasteiger partial charge in [-0.05, 0) is 12.8 Å². The van der Waals surface area contributed by atoms with Crippen molar-refractivity contribution in [1.29, 1.82) is 0 Å². The van der Waals surface area contributed by atoms with E-state index in [1.54, 1.807) is 0 Å².